The Kier molecular flexibility index (Phi) is 5.12. The summed E-state index contributed by atoms with van der Waals surface area (Å²) in [4.78, 5) is 18.7. The highest BCUT2D eigenvalue weighted by atomic mass is 35.5. The molecule has 1 unspecified atom stereocenters. The number of benzene rings is 1. The molecule has 0 aliphatic carbocycles. The number of carbonyl (C=O) groups excluding carboxylic acids is 1. The van der Waals surface area contributed by atoms with Gasteiger partial charge >= 0.3 is 0 Å². The lowest BCUT2D eigenvalue weighted by Gasteiger charge is -2.20. The predicted octanol–water partition coefficient (Wildman–Crippen LogP) is 3.86. The van der Waals surface area contributed by atoms with Crippen molar-refractivity contribution in [2.24, 2.45) is 0 Å². The highest BCUT2D eigenvalue weighted by molar-refractivity contribution is 6.35. The molecule has 0 N–H and O–H groups in total. The van der Waals surface area contributed by atoms with E-state index in [2.05, 4.69) is 4.98 Å². The molecule has 1 heterocycles. The van der Waals surface area contributed by atoms with Gasteiger partial charge in [0.2, 0.25) is 5.91 Å². The summed E-state index contributed by atoms with van der Waals surface area (Å²) in [7, 11) is 0. The van der Waals surface area contributed by atoms with E-state index in [4.69, 9.17) is 23.2 Å². The topological polar surface area (TPSA) is 38.1 Å². The van der Waals surface area contributed by atoms with Crippen molar-refractivity contribution in [3.63, 3.8) is 0 Å². The quantitative estimate of drug-likeness (QED) is 0.782. The van der Waals surface area contributed by atoms with Crippen molar-refractivity contribution in [1.29, 1.82) is 0 Å². The highest BCUT2D eigenvalue weighted by Crippen LogP contribution is 2.29. The van der Waals surface area contributed by atoms with Gasteiger partial charge in [0.15, 0.2) is 0 Å². The second kappa shape index (κ2) is 6.67. The molecule has 4 nitrogen and oxygen atoms in total. The van der Waals surface area contributed by atoms with Gasteiger partial charge in [-0.05, 0) is 32.9 Å². The Bertz CT molecular complexity index is 648. The number of halogens is 2. The number of hydrogen-bond donors (Lipinski definition) is 0. The molecule has 21 heavy (non-hydrogen) atoms. The van der Waals surface area contributed by atoms with Crippen LogP contribution in [-0.2, 0) is 11.3 Å². The van der Waals surface area contributed by atoms with E-state index < -0.39 is 0 Å². The van der Waals surface area contributed by atoms with Crippen molar-refractivity contribution in [2.45, 2.75) is 32.7 Å². The minimum absolute atomic E-state index is 0.0396. The summed E-state index contributed by atoms with van der Waals surface area (Å²) in [6.07, 6.45) is 0. The number of carbonyl (C=O) groups is 1. The van der Waals surface area contributed by atoms with Gasteiger partial charge in [-0.3, -0.25) is 4.79 Å². The largest absolute Gasteiger partial charge is 0.342 e. The zero-order valence-electron chi connectivity index (χ0n) is 12.4. The van der Waals surface area contributed by atoms with Gasteiger partial charge in [-0.2, -0.15) is 0 Å². The predicted molar refractivity (Wildman–Crippen MR) is 86.9 cm³/mol. The molecule has 6 heteroatoms. The van der Waals surface area contributed by atoms with E-state index in [1.807, 2.05) is 37.5 Å². The highest BCUT2D eigenvalue weighted by Gasteiger charge is 2.20. The summed E-state index contributed by atoms with van der Waals surface area (Å²) in [5.74, 6) is 0.707. The lowest BCUT2D eigenvalue weighted by molar-refractivity contribution is -0.131. The summed E-state index contributed by atoms with van der Waals surface area (Å²) in [5.41, 5.74) is 1.53. The number of rotatable bonds is 5. The summed E-state index contributed by atoms with van der Waals surface area (Å²) >= 11 is 12.5. The number of hydrogen-bond acceptors (Lipinski definition) is 2. The number of likely N-dealkylation sites (N-methyl/N-ethyl adjacent to an activating group) is 1. The molecule has 0 saturated carbocycles. The Morgan fingerprint density at radius 2 is 2.05 bits per heavy atom. The molecule has 0 bridgehead atoms. The summed E-state index contributed by atoms with van der Waals surface area (Å²) in [5, 5.41) is 0.286. The number of amides is 1. The van der Waals surface area contributed by atoms with E-state index in [0.717, 1.165) is 11.0 Å². The van der Waals surface area contributed by atoms with Crippen LogP contribution in [0.5, 0.6) is 0 Å². The average Bonchev–Trinajstić information content (AvgIpc) is 2.80. The molecule has 2 rings (SSSR count). The fraction of sp³-hybridized carbons (Fsp3) is 0.467. The Balaban J connectivity index is 2.50. The molecule has 0 spiro atoms. The van der Waals surface area contributed by atoms with E-state index in [0.29, 0.717) is 23.9 Å². The molecule has 0 radical (unpaired) electrons. The van der Waals surface area contributed by atoms with Gasteiger partial charge < -0.3 is 9.47 Å². The molecule has 114 valence electrons. The van der Waals surface area contributed by atoms with Gasteiger partial charge in [0, 0.05) is 13.1 Å². The van der Waals surface area contributed by atoms with Crippen LogP contribution in [0.25, 0.3) is 11.0 Å². The lowest BCUT2D eigenvalue weighted by atomic mass is 10.3. The van der Waals surface area contributed by atoms with Crippen LogP contribution in [0.1, 0.15) is 32.0 Å². The van der Waals surface area contributed by atoms with Gasteiger partial charge in [0.1, 0.15) is 12.4 Å². The second-order valence-corrected chi connectivity index (χ2v) is 5.91. The summed E-state index contributed by atoms with van der Waals surface area (Å²) in [6.45, 7) is 7.34. The smallest absolute Gasteiger partial charge is 0.242 e. The van der Waals surface area contributed by atoms with E-state index >= 15 is 0 Å². The van der Waals surface area contributed by atoms with Crippen LogP contribution in [0.3, 0.4) is 0 Å². The van der Waals surface area contributed by atoms with Crippen molar-refractivity contribution >= 4 is 40.1 Å². The van der Waals surface area contributed by atoms with Crippen LogP contribution in [0.15, 0.2) is 18.2 Å². The van der Waals surface area contributed by atoms with Gasteiger partial charge in [0.25, 0.3) is 0 Å². The minimum atomic E-state index is -0.294. The zero-order valence-corrected chi connectivity index (χ0v) is 13.9. The normalized spacial score (nSPS) is 12.6. The average molecular weight is 328 g/mol. The first-order chi connectivity index (χ1) is 9.99. The number of fused-ring (bicyclic) bond motifs is 1. The fourth-order valence-corrected chi connectivity index (χ4v) is 2.87. The van der Waals surface area contributed by atoms with E-state index in [9.17, 15) is 4.79 Å². The maximum Gasteiger partial charge on any atom is 0.242 e. The molecule has 1 aromatic carbocycles. The number of alkyl halides is 1. The molecule has 2 aromatic rings. The maximum atomic E-state index is 12.4. The fourth-order valence-electron chi connectivity index (χ4n) is 2.44. The molecular weight excluding hydrogens is 309 g/mol. The zero-order chi connectivity index (χ0) is 15.6. The van der Waals surface area contributed by atoms with Gasteiger partial charge in [0.05, 0.1) is 21.4 Å². The third kappa shape index (κ3) is 3.16. The third-order valence-corrected chi connectivity index (χ3v) is 4.01. The number of nitrogens with zero attached hydrogens (tertiary/aromatic N) is 3. The molecule has 0 fully saturated rings. The lowest BCUT2D eigenvalue weighted by Crippen LogP contribution is -2.33. The first-order valence-corrected chi connectivity index (χ1v) is 7.87. The van der Waals surface area contributed by atoms with Crippen LogP contribution >= 0.6 is 23.2 Å². The standard InChI is InChI=1S/C15H19Cl2N3O/c1-4-19(5-2)13(21)9-20-14-11(17)7-6-8-12(14)18-15(20)10(3)16/h6-8,10H,4-5,9H2,1-3H3. The van der Waals surface area contributed by atoms with Crippen LogP contribution in [0.4, 0.5) is 0 Å². The Hall–Kier alpha value is -1.26. The number of aromatic nitrogens is 2. The minimum Gasteiger partial charge on any atom is -0.342 e. The Morgan fingerprint density at radius 3 is 2.62 bits per heavy atom. The van der Waals surface area contributed by atoms with Crippen molar-refractivity contribution in [3.05, 3.63) is 29.0 Å². The monoisotopic (exact) mass is 327 g/mol. The summed E-state index contributed by atoms with van der Waals surface area (Å²) < 4.78 is 1.83. The van der Waals surface area contributed by atoms with Crippen molar-refractivity contribution in [2.75, 3.05) is 13.1 Å². The molecule has 0 aliphatic heterocycles. The van der Waals surface area contributed by atoms with Crippen molar-refractivity contribution < 1.29 is 4.79 Å². The van der Waals surface area contributed by atoms with Gasteiger partial charge in [-0.15, -0.1) is 11.6 Å². The Labute approximate surface area is 134 Å². The third-order valence-electron chi connectivity index (χ3n) is 3.51. The van der Waals surface area contributed by atoms with Crippen LogP contribution in [-0.4, -0.2) is 33.4 Å². The van der Waals surface area contributed by atoms with Crippen molar-refractivity contribution in [1.82, 2.24) is 14.5 Å². The maximum absolute atomic E-state index is 12.4. The van der Waals surface area contributed by atoms with E-state index in [-0.39, 0.29) is 17.8 Å². The first kappa shape index (κ1) is 16.1. The molecular formula is C15H19Cl2N3O. The van der Waals surface area contributed by atoms with Crippen LogP contribution in [0, 0.1) is 0 Å². The number of para-hydroxylation sites is 1. The summed E-state index contributed by atoms with van der Waals surface area (Å²) in [6, 6.07) is 5.52. The second-order valence-electron chi connectivity index (χ2n) is 4.85. The van der Waals surface area contributed by atoms with E-state index in [1.54, 1.807) is 11.0 Å². The molecule has 1 aromatic heterocycles. The molecule has 1 atom stereocenters. The SMILES string of the molecule is CCN(CC)C(=O)Cn1c(C(C)Cl)nc2cccc(Cl)c21. The van der Waals surface area contributed by atoms with E-state index in [1.165, 1.54) is 0 Å². The molecule has 0 saturated heterocycles. The first-order valence-electron chi connectivity index (χ1n) is 7.06. The van der Waals surface area contributed by atoms with Gasteiger partial charge in [-0.1, -0.05) is 17.7 Å². The molecule has 0 aliphatic rings. The number of imidazole rings is 1. The van der Waals surface area contributed by atoms with Crippen LogP contribution < -0.4 is 0 Å². The van der Waals surface area contributed by atoms with Gasteiger partial charge in [-0.25, -0.2) is 4.98 Å². The Morgan fingerprint density at radius 1 is 1.38 bits per heavy atom. The van der Waals surface area contributed by atoms with Crippen LogP contribution in [0.2, 0.25) is 5.02 Å². The van der Waals surface area contributed by atoms with Crippen molar-refractivity contribution in [3.8, 4) is 0 Å². The molecule has 1 amide bonds.